The highest BCUT2D eigenvalue weighted by Crippen LogP contribution is 2.38. The third-order valence-electron chi connectivity index (χ3n) is 6.29. The minimum atomic E-state index is -0.302. The molecule has 1 spiro atoms. The van der Waals surface area contributed by atoms with E-state index in [1.165, 1.54) is 5.56 Å². The van der Waals surface area contributed by atoms with Crippen molar-refractivity contribution in [3.63, 3.8) is 0 Å². The van der Waals surface area contributed by atoms with Gasteiger partial charge in [-0.3, -0.25) is 10.3 Å². The monoisotopic (exact) mass is 411 g/mol. The van der Waals surface area contributed by atoms with Crippen molar-refractivity contribution in [3.05, 3.63) is 64.2 Å². The van der Waals surface area contributed by atoms with Crippen LogP contribution in [0.3, 0.4) is 0 Å². The normalized spacial score (nSPS) is 22.1. The van der Waals surface area contributed by atoms with Crippen molar-refractivity contribution >= 4 is 17.3 Å². The molecular formula is C24H30ClN3O. The van der Waals surface area contributed by atoms with Crippen LogP contribution < -0.4 is 5.32 Å². The summed E-state index contributed by atoms with van der Waals surface area (Å²) < 4.78 is 0. The Morgan fingerprint density at radius 3 is 2.48 bits per heavy atom. The molecule has 0 aromatic heterocycles. The summed E-state index contributed by atoms with van der Waals surface area (Å²) in [6, 6.07) is 14.4. The molecule has 4 nitrogen and oxygen atoms in total. The minimum Gasteiger partial charge on any atom is -0.508 e. The molecule has 2 aromatic carbocycles. The van der Waals surface area contributed by atoms with E-state index in [9.17, 15) is 5.11 Å². The molecule has 2 N–H and O–H groups in total. The molecule has 5 heteroatoms. The third-order valence-corrected chi connectivity index (χ3v) is 6.53. The van der Waals surface area contributed by atoms with Crippen molar-refractivity contribution < 1.29 is 5.11 Å². The fourth-order valence-electron chi connectivity index (χ4n) is 4.49. The smallest absolute Gasteiger partial charge is 0.120 e. The van der Waals surface area contributed by atoms with Gasteiger partial charge in [-0.25, -0.2) is 0 Å². The van der Waals surface area contributed by atoms with E-state index < -0.39 is 0 Å². The molecule has 0 bridgehead atoms. The Morgan fingerprint density at radius 2 is 1.83 bits per heavy atom. The molecule has 0 radical (unpaired) electrons. The Labute approximate surface area is 178 Å². The average molecular weight is 412 g/mol. The van der Waals surface area contributed by atoms with Crippen LogP contribution in [0.4, 0.5) is 0 Å². The molecular weight excluding hydrogens is 382 g/mol. The summed E-state index contributed by atoms with van der Waals surface area (Å²) >= 11 is 6.26. The topological polar surface area (TPSA) is 47.9 Å². The first kappa shape index (κ1) is 20.4. The number of aromatic hydroxyl groups is 1. The zero-order valence-electron chi connectivity index (χ0n) is 17.5. The van der Waals surface area contributed by atoms with Gasteiger partial charge in [-0.1, -0.05) is 41.4 Å². The van der Waals surface area contributed by atoms with E-state index >= 15 is 0 Å². The molecule has 154 valence electrons. The van der Waals surface area contributed by atoms with E-state index in [2.05, 4.69) is 55.3 Å². The molecule has 0 aliphatic carbocycles. The SMILES string of the molecule is Cc1ccc(C2=NC3(CCN(C(C)C)CC3)N[C@@H](c3cc(Cl)ccc3O)C2)cc1. The number of piperidine rings is 1. The molecule has 1 fully saturated rings. The molecule has 0 unspecified atom stereocenters. The third kappa shape index (κ3) is 4.35. The Morgan fingerprint density at radius 1 is 1.14 bits per heavy atom. The van der Waals surface area contributed by atoms with Crippen LogP contribution in [0.2, 0.25) is 5.02 Å². The van der Waals surface area contributed by atoms with Gasteiger partial charge in [-0.2, -0.15) is 0 Å². The van der Waals surface area contributed by atoms with E-state index in [4.69, 9.17) is 16.6 Å². The Kier molecular flexibility index (Phi) is 5.69. The molecule has 2 aliphatic rings. The van der Waals surface area contributed by atoms with Gasteiger partial charge in [0.2, 0.25) is 0 Å². The van der Waals surface area contributed by atoms with Gasteiger partial charge in [0, 0.05) is 47.9 Å². The van der Waals surface area contributed by atoms with Crippen molar-refractivity contribution in [1.29, 1.82) is 0 Å². The van der Waals surface area contributed by atoms with E-state index in [-0.39, 0.29) is 17.5 Å². The highest BCUT2D eigenvalue weighted by atomic mass is 35.5. The van der Waals surface area contributed by atoms with Crippen LogP contribution in [0.1, 0.15) is 55.8 Å². The number of nitrogens with zero attached hydrogens (tertiary/aromatic N) is 2. The standard InChI is InChI=1S/C24H30ClN3O/c1-16(2)28-12-10-24(11-13-28)26-21(18-6-4-17(3)5-7-18)15-22(27-24)20-14-19(25)8-9-23(20)29/h4-9,14,16,22,27,29H,10-13,15H2,1-3H3/t22-/m1/s1. The Bertz CT molecular complexity index is 899. The number of benzene rings is 2. The zero-order chi connectivity index (χ0) is 20.6. The fraction of sp³-hybridized carbons (Fsp3) is 0.458. The summed E-state index contributed by atoms with van der Waals surface area (Å²) in [5.41, 5.74) is 4.05. The lowest BCUT2D eigenvalue weighted by Gasteiger charge is -2.46. The summed E-state index contributed by atoms with van der Waals surface area (Å²) in [5, 5.41) is 15.0. The van der Waals surface area contributed by atoms with Gasteiger partial charge >= 0.3 is 0 Å². The van der Waals surface area contributed by atoms with Gasteiger partial charge in [-0.05, 0) is 57.4 Å². The summed E-state index contributed by atoms with van der Waals surface area (Å²) in [6.07, 6.45) is 2.64. The van der Waals surface area contributed by atoms with E-state index in [1.54, 1.807) is 12.1 Å². The number of likely N-dealkylation sites (tertiary alicyclic amines) is 1. The second kappa shape index (κ2) is 8.10. The number of phenols is 1. The highest BCUT2D eigenvalue weighted by molar-refractivity contribution is 6.30. The summed E-state index contributed by atoms with van der Waals surface area (Å²) in [5.74, 6) is 0.284. The molecule has 0 amide bonds. The predicted octanol–water partition coefficient (Wildman–Crippen LogP) is 5.08. The highest BCUT2D eigenvalue weighted by Gasteiger charge is 2.40. The molecule has 1 saturated heterocycles. The Hall–Kier alpha value is -1.88. The van der Waals surface area contributed by atoms with E-state index in [0.29, 0.717) is 11.1 Å². The maximum absolute atomic E-state index is 10.5. The van der Waals surface area contributed by atoms with Crippen LogP contribution in [0, 0.1) is 6.92 Å². The molecule has 2 aromatic rings. The lowest BCUT2D eigenvalue weighted by atomic mass is 9.87. The second-order valence-electron chi connectivity index (χ2n) is 8.69. The quantitative estimate of drug-likeness (QED) is 0.740. The summed E-state index contributed by atoms with van der Waals surface area (Å²) in [6.45, 7) is 8.64. The molecule has 4 rings (SSSR count). The molecule has 2 aliphatic heterocycles. The maximum atomic E-state index is 10.5. The number of phenolic OH excluding ortho intramolecular Hbond substituents is 1. The van der Waals surface area contributed by atoms with Crippen molar-refractivity contribution in [2.24, 2.45) is 4.99 Å². The predicted molar refractivity (Wildman–Crippen MR) is 120 cm³/mol. The zero-order valence-corrected chi connectivity index (χ0v) is 18.2. The number of rotatable bonds is 3. The molecule has 1 atom stereocenters. The van der Waals surface area contributed by atoms with E-state index in [0.717, 1.165) is 49.2 Å². The molecule has 0 saturated carbocycles. The average Bonchev–Trinajstić information content (AvgIpc) is 2.70. The van der Waals surface area contributed by atoms with Crippen molar-refractivity contribution in [2.45, 2.75) is 57.8 Å². The van der Waals surface area contributed by atoms with Gasteiger partial charge in [0.25, 0.3) is 0 Å². The van der Waals surface area contributed by atoms with Gasteiger partial charge in [0.05, 0.1) is 0 Å². The fourth-order valence-corrected chi connectivity index (χ4v) is 4.67. The minimum absolute atomic E-state index is 0.0203. The number of hydrogen-bond acceptors (Lipinski definition) is 4. The number of hydrogen-bond donors (Lipinski definition) is 2. The van der Waals surface area contributed by atoms with Crippen LogP contribution in [-0.4, -0.2) is 40.5 Å². The molecule has 2 heterocycles. The van der Waals surface area contributed by atoms with Crippen molar-refractivity contribution in [1.82, 2.24) is 10.2 Å². The van der Waals surface area contributed by atoms with Crippen LogP contribution in [0.5, 0.6) is 5.75 Å². The van der Waals surface area contributed by atoms with Crippen molar-refractivity contribution in [2.75, 3.05) is 13.1 Å². The largest absolute Gasteiger partial charge is 0.508 e. The Balaban J connectivity index is 1.71. The number of halogens is 1. The lowest BCUT2D eigenvalue weighted by molar-refractivity contribution is 0.103. The first-order valence-electron chi connectivity index (χ1n) is 10.5. The first-order chi connectivity index (χ1) is 13.8. The summed E-state index contributed by atoms with van der Waals surface area (Å²) in [7, 11) is 0. The van der Waals surface area contributed by atoms with Crippen LogP contribution in [0.15, 0.2) is 47.5 Å². The van der Waals surface area contributed by atoms with Crippen LogP contribution in [-0.2, 0) is 0 Å². The van der Waals surface area contributed by atoms with E-state index in [1.807, 2.05) is 6.07 Å². The summed E-state index contributed by atoms with van der Waals surface area (Å²) in [4.78, 5) is 7.77. The van der Waals surface area contributed by atoms with Gasteiger partial charge in [0.15, 0.2) is 0 Å². The number of aryl methyl sites for hydroxylation is 1. The van der Waals surface area contributed by atoms with Gasteiger partial charge < -0.3 is 10.0 Å². The van der Waals surface area contributed by atoms with Gasteiger partial charge in [-0.15, -0.1) is 0 Å². The maximum Gasteiger partial charge on any atom is 0.120 e. The second-order valence-corrected chi connectivity index (χ2v) is 9.13. The van der Waals surface area contributed by atoms with Crippen LogP contribution >= 0.6 is 11.6 Å². The molecule has 29 heavy (non-hydrogen) atoms. The first-order valence-corrected chi connectivity index (χ1v) is 10.9. The lowest BCUT2D eigenvalue weighted by Crippen LogP contribution is -2.56. The van der Waals surface area contributed by atoms with Crippen molar-refractivity contribution in [3.8, 4) is 5.75 Å². The van der Waals surface area contributed by atoms with Crippen LogP contribution in [0.25, 0.3) is 0 Å². The van der Waals surface area contributed by atoms with Gasteiger partial charge in [0.1, 0.15) is 11.4 Å². The number of nitrogens with one attached hydrogen (secondary N) is 1. The number of aliphatic imine (C=N–C) groups is 1.